The van der Waals surface area contributed by atoms with Gasteiger partial charge in [0.1, 0.15) is 0 Å². The Kier molecular flexibility index (Phi) is 5.32. The topological polar surface area (TPSA) is 50.2 Å². The first-order valence-corrected chi connectivity index (χ1v) is 7.61. The number of hydrogen-bond acceptors (Lipinski definition) is 3. The summed E-state index contributed by atoms with van der Waals surface area (Å²) in [6.07, 6.45) is 7.96. The van der Waals surface area contributed by atoms with Gasteiger partial charge < -0.3 is 10.1 Å². The van der Waals surface area contributed by atoms with E-state index < -0.39 is 0 Å². The Morgan fingerprint density at radius 2 is 2.05 bits per heavy atom. The van der Waals surface area contributed by atoms with Crippen LogP contribution >= 0.6 is 0 Å². The number of esters is 1. The van der Waals surface area contributed by atoms with Crippen LogP contribution in [0.5, 0.6) is 0 Å². The molecule has 0 bridgehead atoms. The molecule has 1 fully saturated rings. The molecule has 3 heteroatoms. The van der Waals surface area contributed by atoms with E-state index in [4.69, 9.17) is 10.1 Å². The zero-order valence-corrected chi connectivity index (χ0v) is 12.6. The first-order chi connectivity index (χ1) is 10.2. The van der Waals surface area contributed by atoms with E-state index in [2.05, 4.69) is 0 Å². The van der Waals surface area contributed by atoms with Gasteiger partial charge in [0.25, 0.3) is 0 Å². The van der Waals surface area contributed by atoms with Gasteiger partial charge in [0, 0.05) is 12.1 Å². The summed E-state index contributed by atoms with van der Waals surface area (Å²) < 4.78 is 5.12. The summed E-state index contributed by atoms with van der Waals surface area (Å²) in [6, 6.07) is 10.1. The van der Waals surface area contributed by atoms with Crippen LogP contribution in [0.2, 0.25) is 0 Å². The lowest BCUT2D eigenvalue weighted by molar-refractivity contribution is -0.149. The van der Waals surface area contributed by atoms with Crippen molar-refractivity contribution in [2.45, 2.75) is 39.0 Å². The summed E-state index contributed by atoms with van der Waals surface area (Å²) in [5, 5.41) is 8.00. The summed E-state index contributed by atoms with van der Waals surface area (Å²) >= 11 is 0. The molecule has 0 saturated heterocycles. The summed E-state index contributed by atoms with van der Waals surface area (Å²) in [5.41, 5.74) is 1.55. The molecule has 0 radical (unpaired) electrons. The van der Waals surface area contributed by atoms with E-state index in [9.17, 15) is 4.79 Å². The molecule has 1 aromatic carbocycles. The summed E-state index contributed by atoms with van der Waals surface area (Å²) in [5.74, 6) is -0.0716. The third-order valence-corrected chi connectivity index (χ3v) is 3.94. The van der Waals surface area contributed by atoms with E-state index in [0.29, 0.717) is 25.2 Å². The zero-order chi connectivity index (χ0) is 15.1. The van der Waals surface area contributed by atoms with E-state index in [1.807, 2.05) is 49.4 Å². The van der Waals surface area contributed by atoms with Gasteiger partial charge in [-0.15, -0.1) is 0 Å². The molecule has 0 spiro atoms. The minimum absolute atomic E-state index is 0.0716. The molecule has 1 aliphatic rings. The van der Waals surface area contributed by atoms with Crippen molar-refractivity contribution in [2.75, 3.05) is 6.61 Å². The fourth-order valence-corrected chi connectivity index (χ4v) is 2.38. The fraction of sp³-hybridized carbons (Fsp3) is 0.444. The lowest BCUT2D eigenvalue weighted by Gasteiger charge is -2.13. The average Bonchev–Trinajstić information content (AvgIpc) is 3.28. The van der Waals surface area contributed by atoms with Crippen LogP contribution in [0.25, 0.3) is 6.08 Å². The van der Waals surface area contributed by atoms with Crippen molar-refractivity contribution in [1.82, 2.24) is 0 Å². The van der Waals surface area contributed by atoms with Crippen molar-refractivity contribution in [3.63, 3.8) is 0 Å². The smallest absolute Gasteiger partial charge is 0.312 e. The number of hydrogen-bond donors (Lipinski definition) is 1. The molecular weight excluding hydrogens is 262 g/mol. The van der Waals surface area contributed by atoms with Crippen molar-refractivity contribution in [3.8, 4) is 0 Å². The normalized spacial score (nSPS) is 15.9. The van der Waals surface area contributed by atoms with Crippen molar-refractivity contribution < 1.29 is 9.53 Å². The number of ether oxygens (including phenoxy) is 1. The molecule has 1 saturated carbocycles. The first kappa shape index (κ1) is 15.5. The Hall–Kier alpha value is -1.90. The Balaban J connectivity index is 1.73. The molecule has 1 aromatic rings. The van der Waals surface area contributed by atoms with Gasteiger partial charge in [-0.1, -0.05) is 42.5 Å². The standard InChI is InChI=1S/C18H23NO2/c1-2-21-17(20)18(13-14-18)12-11-16(19)10-6-9-15-7-4-3-5-8-15/h3-9,19H,2,10-14H2,1H3. The number of carbonyl (C=O) groups excluding carboxylic acids is 1. The molecule has 0 aliphatic heterocycles. The number of rotatable bonds is 8. The number of allylic oxidation sites excluding steroid dienone is 1. The van der Waals surface area contributed by atoms with Gasteiger partial charge in [-0.2, -0.15) is 0 Å². The molecule has 0 amide bonds. The highest BCUT2D eigenvalue weighted by Crippen LogP contribution is 2.50. The van der Waals surface area contributed by atoms with Gasteiger partial charge in [0.2, 0.25) is 0 Å². The minimum Gasteiger partial charge on any atom is -0.466 e. The first-order valence-electron chi connectivity index (χ1n) is 7.61. The van der Waals surface area contributed by atoms with Crippen molar-refractivity contribution in [2.24, 2.45) is 5.41 Å². The number of carbonyl (C=O) groups is 1. The average molecular weight is 285 g/mol. The lowest BCUT2D eigenvalue weighted by Crippen LogP contribution is -2.20. The van der Waals surface area contributed by atoms with Gasteiger partial charge in [0.15, 0.2) is 0 Å². The third-order valence-electron chi connectivity index (χ3n) is 3.94. The van der Waals surface area contributed by atoms with E-state index in [1.54, 1.807) is 0 Å². The predicted molar refractivity (Wildman–Crippen MR) is 85.4 cm³/mol. The van der Waals surface area contributed by atoms with Crippen LogP contribution in [0.15, 0.2) is 36.4 Å². The van der Waals surface area contributed by atoms with Crippen molar-refractivity contribution >= 4 is 17.8 Å². The highest BCUT2D eigenvalue weighted by Gasteiger charge is 2.50. The second-order valence-corrected chi connectivity index (χ2v) is 5.62. The van der Waals surface area contributed by atoms with Gasteiger partial charge in [-0.05, 0) is 38.2 Å². The quantitative estimate of drug-likeness (QED) is 0.574. The highest BCUT2D eigenvalue weighted by molar-refractivity contribution is 5.85. The molecule has 2 rings (SSSR count). The minimum atomic E-state index is -0.272. The van der Waals surface area contributed by atoms with Crippen LogP contribution in [0.4, 0.5) is 0 Å². The van der Waals surface area contributed by atoms with Gasteiger partial charge >= 0.3 is 5.97 Å². The zero-order valence-electron chi connectivity index (χ0n) is 12.6. The van der Waals surface area contributed by atoms with Crippen LogP contribution in [0, 0.1) is 10.8 Å². The molecule has 1 N–H and O–H groups in total. The maximum Gasteiger partial charge on any atom is 0.312 e. The Bertz CT molecular complexity index is 515. The Morgan fingerprint density at radius 3 is 2.67 bits per heavy atom. The van der Waals surface area contributed by atoms with Crippen LogP contribution in [0.3, 0.4) is 0 Å². The van der Waals surface area contributed by atoms with Crippen LogP contribution in [-0.4, -0.2) is 18.3 Å². The molecular formula is C18H23NO2. The Morgan fingerprint density at radius 1 is 1.33 bits per heavy atom. The van der Waals surface area contributed by atoms with Crippen LogP contribution in [0.1, 0.15) is 44.6 Å². The molecule has 0 atom stereocenters. The third kappa shape index (κ3) is 4.55. The highest BCUT2D eigenvalue weighted by atomic mass is 16.5. The van der Waals surface area contributed by atoms with Gasteiger partial charge in [-0.3, -0.25) is 4.79 Å². The van der Waals surface area contributed by atoms with E-state index in [0.717, 1.165) is 24.8 Å². The molecule has 1 aliphatic carbocycles. The maximum absolute atomic E-state index is 11.8. The molecule has 21 heavy (non-hydrogen) atoms. The van der Waals surface area contributed by atoms with E-state index >= 15 is 0 Å². The van der Waals surface area contributed by atoms with E-state index in [1.165, 1.54) is 0 Å². The van der Waals surface area contributed by atoms with E-state index in [-0.39, 0.29) is 11.4 Å². The van der Waals surface area contributed by atoms with Crippen molar-refractivity contribution in [1.29, 1.82) is 5.41 Å². The van der Waals surface area contributed by atoms with Crippen molar-refractivity contribution in [3.05, 3.63) is 42.0 Å². The summed E-state index contributed by atoms with van der Waals surface area (Å²) in [6.45, 7) is 2.28. The molecule has 0 unspecified atom stereocenters. The second-order valence-electron chi connectivity index (χ2n) is 5.62. The SMILES string of the molecule is CCOC(=O)C1(CCC(=N)CC=Cc2ccccc2)CC1. The fourth-order valence-electron chi connectivity index (χ4n) is 2.38. The second kappa shape index (κ2) is 7.21. The summed E-state index contributed by atoms with van der Waals surface area (Å²) in [4.78, 5) is 11.8. The molecule has 0 aromatic heterocycles. The van der Waals surface area contributed by atoms with Crippen LogP contribution in [-0.2, 0) is 9.53 Å². The number of benzene rings is 1. The summed E-state index contributed by atoms with van der Waals surface area (Å²) in [7, 11) is 0. The lowest BCUT2D eigenvalue weighted by atomic mass is 9.97. The van der Waals surface area contributed by atoms with Gasteiger partial charge in [-0.25, -0.2) is 0 Å². The van der Waals surface area contributed by atoms with Crippen LogP contribution < -0.4 is 0 Å². The number of nitrogens with one attached hydrogen (secondary N) is 1. The van der Waals surface area contributed by atoms with Gasteiger partial charge in [0.05, 0.1) is 12.0 Å². The largest absolute Gasteiger partial charge is 0.466 e. The predicted octanol–water partition coefficient (Wildman–Crippen LogP) is 4.23. The molecule has 3 nitrogen and oxygen atoms in total. The molecule has 112 valence electrons. The Labute approximate surface area is 126 Å². The molecule has 0 heterocycles. The monoisotopic (exact) mass is 285 g/mol. The maximum atomic E-state index is 11.8.